The maximum atomic E-state index is 11.5. The molecule has 0 saturated carbocycles. The fraction of sp³-hybridized carbons (Fsp3) is 0.0667. The first kappa shape index (κ1) is 13.0. The third kappa shape index (κ3) is 2.38. The lowest BCUT2D eigenvalue weighted by Crippen LogP contribution is -2.14. The molecule has 6 nitrogen and oxygen atoms in total. The normalized spacial score (nSPS) is 10.5. The first-order valence-electron chi connectivity index (χ1n) is 6.36. The number of aromatic nitrogens is 4. The Morgan fingerprint density at radius 2 is 2.00 bits per heavy atom. The molecule has 2 heterocycles. The van der Waals surface area contributed by atoms with Crippen LogP contribution in [0.15, 0.2) is 48.9 Å². The van der Waals surface area contributed by atoms with E-state index in [2.05, 4.69) is 15.2 Å². The van der Waals surface area contributed by atoms with Gasteiger partial charge in [-0.15, -0.1) is 10.2 Å². The second-order valence-electron chi connectivity index (χ2n) is 4.61. The average molecular weight is 279 g/mol. The maximum Gasteiger partial charge on any atom is 0.267 e. The van der Waals surface area contributed by atoms with Gasteiger partial charge in [-0.3, -0.25) is 9.78 Å². The van der Waals surface area contributed by atoms with Crippen LogP contribution in [0.25, 0.3) is 22.5 Å². The molecule has 0 bridgehead atoms. The maximum absolute atomic E-state index is 11.5. The molecule has 0 aliphatic carbocycles. The summed E-state index contributed by atoms with van der Waals surface area (Å²) in [4.78, 5) is 15.6. The lowest BCUT2D eigenvalue weighted by atomic mass is 10.0. The molecule has 2 aromatic heterocycles. The highest BCUT2D eigenvalue weighted by atomic mass is 16.1. The van der Waals surface area contributed by atoms with Crippen LogP contribution in [0.3, 0.4) is 0 Å². The van der Waals surface area contributed by atoms with Gasteiger partial charge in [0.1, 0.15) is 12.0 Å². The Morgan fingerprint density at radius 1 is 1.19 bits per heavy atom. The number of aryl methyl sites for hydroxylation is 1. The number of carbonyl (C=O) groups is 1. The Labute approximate surface area is 121 Å². The third-order valence-electron chi connectivity index (χ3n) is 3.18. The summed E-state index contributed by atoms with van der Waals surface area (Å²) in [7, 11) is 1.88. The number of amides is 1. The van der Waals surface area contributed by atoms with Crippen molar-refractivity contribution in [3.05, 3.63) is 54.6 Å². The number of primary amides is 1. The lowest BCUT2D eigenvalue weighted by molar-refractivity contribution is 0.0996. The minimum atomic E-state index is -0.547. The fourth-order valence-corrected chi connectivity index (χ4v) is 2.20. The van der Waals surface area contributed by atoms with Crippen LogP contribution in [-0.4, -0.2) is 25.7 Å². The first-order chi connectivity index (χ1) is 10.2. The number of hydrogen-bond acceptors (Lipinski definition) is 4. The Balaban J connectivity index is 2.13. The van der Waals surface area contributed by atoms with Gasteiger partial charge in [0.25, 0.3) is 5.91 Å². The SMILES string of the molecule is Cn1cnnc1-c1cccc(-c2cccnc2C(N)=O)c1. The van der Waals surface area contributed by atoms with Crippen LogP contribution in [0.2, 0.25) is 0 Å². The summed E-state index contributed by atoms with van der Waals surface area (Å²) in [6.07, 6.45) is 3.19. The topological polar surface area (TPSA) is 86.7 Å². The zero-order chi connectivity index (χ0) is 14.8. The molecule has 1 amide bonds. The molecule has 0 aliphatic rings. The van der Waals surface area contributed by atoms with Gasteiger partial charge in [-0.2, -0.15) is 0 Å². The van der Waals surface area contributed by atoms with E-state index in [-0.39, 0.29) is 5.69 Å². The first-order valence-corrected chi connectivity index (χ1v) is 6.36. The van der Waals surface area contributed by atoms with Gasteiger partial charge in [0.05, 0.1) is 0 Å². The van der Waals surface area contributed by atoms with E-state index < -0.39 is 5.91 Å². The third-order valence-corrected chi connectivity index (χ3v) is 3.18. The zero-order valence-corrected chi connectivity index (χ0v) is 11.4. The molecule has 0 unspecified atom stereocenters. The number of hydrogen-bond donors (Lipinski definition) is 1. The van der Waals surface area contributed by atoms with Crippen molar-refractivity contribution in [3.63, 3.8) is 0 Å². The average Bonchev–Trinajstić information content (AvgIpc) is 2.93. The van der Waals surface area contributed by atoms with Gasteiger partial charge in [0, 0.05) is 24.4 Å². The van der Waals surface area contributed by atoms with Crippen molar-refractivity contribution < 1.29 is 4.79 Å². The summed E-state index contributed by atoms with van der Waals surface area (Å²) in [6.45, 7) is 0. The second-order valence-corrected chi connectivity index (χ2v) is 4.61. The molecule has 0 atom stereocenters. The van der Waals surface area contributed by atoms with E-state index >= 15 is 0 Å². The van der Waals surface area contributed by atoms with E-state index in [1.54, 1.807) is 18.6 Å². The van der Waals surface area contributed by atoms with Gasteiger partial charge >= 0.3 is 0 Å². The van der Waals surface area contributed by atoms with Gasteiger partial charge in [-0.25, -0.2) is 0 Å². The predicted octanol–water partition coefficient (Wildman–Crippen LogP) is 1.64. The van der Waals surface area contributed by atoms with E-state index in [4.69, 9.17) is 5.73 Å². The van der Waals surface area contributed by atoms with Gasteiger partial charge < -0.3 is 10.3 Å². The van der Waals surface area contributed by atoms with Gasteiger partial charge in [0.15, 0.2) is 5.82 Å². The van der Waals surface area contributed by atoms with E-state index in [1.165, 1.54) is 0 Å². The van der Waals surface area contributed by atoms with E-state index in [1.807, 2.05) is 41.9 Å². The van der Waals surface area contributed by atoms with Gasteiger partial charge in [0.2, 0.25) is 0 Å². The standard InChI is InChI=1S/C15H13N5O/c1-20-9-18-19-15(20)11-5-2-4-10(8-11)12-6-3-7-17-13(12)14(16)21/h2-9H,1H3,(H2,16,21). The summed E-state index contributed by atoms with van der Waals surface area (Å²) in [5.41, 5.74) is 8.11. The number of rotatable bonds is 3. The summed E-state index contributed by atoms with van der Waals surface area (Å²) < 4.78 is 1.83. The minimum Gasteiger partial charge on any atom is -0.364 e. The van der Waals surface area contributed by atoms with Crippen molar-refractivity contribution >= 4 is 5.91 Å². The van der Waals surface area contributed by atoms with Crippen LogP contribution >= 0.6 is 0 Å². The zero-order valence-electron chi connectivity index (χ0n) is 11.4. The molecular formula is C15H13N5O. The van der Waals surface area contributed by atoms with Crippen LogP contribution in [0.5, 0.6) is 0 Å². The highest BCUT2D eigenvalue weighted by Crippen LogP contribution is 2.26. The summed E-state index contributed by atoms with van der Waals surface area (Å²) in [5, 5.41) is 7.96. The summed E-state index contributed by atoms with van der Waals surface area (Å²) in [6, 6.07) is 11.3. The number of carbonyl (C=O) groups excluding carboxylic acids is 1. The molecule has 0 spiro atoms. The lowest BCUT2D eigenvalue weighted by Gasteiger charge is -2.07. The van der Waals surface area contributed by atoms with Crippen LogP contribution < -0.4 is 5.73 Å². The number of nitrogens with two attached hydrogens (primary N) is 1. The highest BCUT2D eigenvalue weighted by Gasteiger charge is 2.12. The van der Waals surface area contributed by atoms with Crippen molar-refractivity contribution in [1.82, 2.24) is 19.7 Å². The van der Waals surface area contributed by atoms with Crippen molar-refractivity contribution in [1.29, 1.82) is 0 Å². The second kappa shape index (κ2) is 5.16. The monoisotopic (exact) mass is 279 g/mol. The summed E-state index contributed by atoms with van der Waals surface area (Å²) in [5.74, 6) is 0.205. The van der Waals surface area contributed by atoms with E-state index in [0.29, 0.717) is 5.56 Å². The van der Waals surface area contributed by atoms with Gasteiger partial charge in [-0.05, 0) is 17.7 Å². The van der Waals surface area contributed by atoms with Crippen molar-refractivity contribution in [2.24, 2.45) is 12.8 Å². The molecule has 3 rings (SSSR count). The molecule has 21 heavy (non-hydrogen) atoms. The summed E-state index contributed by atoms with van der Waals surface area (Å²) >= 11 is 0. The molecule has 1 aromatic carbocycles. The minimum absolute atomic E-state index is 0.257. The van der Waals surface area contributed by atoms with Crippen LogP contribution in [0, 0.1) is 0 Å². The van der Waals surface area contributed by atoms with Crippen molar-refractivity contribution in [2.45, 2.75) is 0 Å². The number of nitrogens with zero attached hydrogens (tertiary/aromatic N) is 4. The number of pyridine rings is 1. The Hall–Kier alpha value is -3.02. The molecule has 104 valence electrons. The Kier molecular flexibility index (Phi) is 3.19. The molecule has 0 aliphatic heterocycles. The Morgan fingerprint density at radius 3 is 2.71 bits per heavy atom. The smallest absolute Gasteiger partial charge is 0.267 e. The van der Waals surface area contributed by atoms with Crippen molar-refractivity contribution in [3.8, 4) is 22.5 Å². The van der Waals surface area contributed by atoms with Crippen LogP contribution in [-0.2, 0) is 7.05 Å². The van der Waals surface area contributed by atoms with Gasteiger partial charge in [-0.1, -0.05) is 24.3 Å². The fourth-order valence-electron chi connectivity index (χ4n) is 2.20. The molecule has 0 fully saturated rings. The Bertz CT molecular complexity index is 809. The number of benzene rings is 1. The predicted molar refractivity (Wildman–Crippen MR) is 78.2 cm³/mol. The molecule has 0 saturated heterocycles. The van der Waals surface area contributed by atoms with Crippen LogP contribution in [0.4, 0.5) is 0 Å². The molecular weight excluding hydrogens is 266 g/mol. The van der Waals surface area contributed by atoms with E-state index in [9.17, 15) is 4.79 Å². The molecule has 3 aromatic rings. The largest absolute Gasteiger partial charge is 0.364 e. The van der Waals surface area contributed by atoms with Crippen molar-refractivity contribution in [2.75, 3.05) is 0 Å². The van der Waals surface area contributed by atoms with E-state index in [0.717, 1.165) is 17.0 Å². The highest BCUT2D eigenvalue weighted by molar-refractivity contribution is 5.98. The molecule has 2 N–H and O–H groups in total. The molecule has 6 heteroatoms. The van der Waals surface area contributed by atoms with Crippen LogP contribution in [0.1, 0.15) is 10.5 Å². The molecule has 0 radical (unpaired) electrons. The quantitative estimate of drug-likeness (QED) is 0.789.